The SMILES string of the molecule is Cc1c(CO)nnn1-c1ccccc1F.Cl. The highest BCUT2D eigenvalue weighted by atomic mass is 35.5. The molecule has 6 heteroatoms. The number of nitrogens with zero attached hydrogens (tertiary/aromatic N) is 3. The van der Waals surface area contributed by atoms with Crippen molar-refractivity contribution < 1.29 is 9.50 Å². The fourth-order valence-electron chi connectivity index (χ4n) is 1.36. The maximum absolute atomic E-state index is 13.4. The smallest absolute Gasteiger partial charge is 0.148 e. The number of halogens is 2. The molecule has 0 aliphatic heterocycles. The van der Waals surface area contributed by atoms with Crippen LogP contribution in [0.25, 0.3) is 5.69 Å². The molecule has 0 fully saturated rings. The van der Waals surface area contributed by atoms with Gasteiger partial charge in [0.05, 0.1) is 12.3 Å². The molecular formula is C10H11ClFN3O. The lowest BCUT2D eigenvalue weighted by molar-refractivity contribution is 0.276. The maximum Gasteiger partial charge on any atom is 0.148 e. The van der Waals surface area contributed by atoms with Gasteiger partial charge in [-0.1, -0.05) is 17.3 Å². The molecule has 1 aromatic carbocycles. The van der Waals surface area contributed by atoms with Crippen LogP contribution < -0.4 is 0 Å². The molecule has 1 aromatic heterocycles. The van der Waals surface area contributed by atoms with Gasteiger partial charge in [-0.05, 0) is 19.1 Å². The highest BCUT2D eigenvalue weighted by Crippen LogP contribution is 2.15. The quantitative estimate of drug-likeness (QED) is 0.872. The molecule has 0 saturated carbocycles. The minimum absolute atomic E-state index is 0. The second-order valence-electron chi connectivity index (χ2n) is 3.14. The van der Waals surface area contributed by atoms with E-state index in [1.165, 1.54) is 10.7 Å². The molecular weight excluding hydrogens is 233 g/mol. The molecule has 86 valence electrons. The molecule has 0 atom stereocenters. The van der Waals surface area contributed by atoms with Crippen LogP contribution in [0.5, 0.6) is 0 Å². The minimum atomic E-state index is -0.366. The number of para-hydroxylation sites is 1. The van der Waals surface area contributed by atoms with Crippen LogP contribution in [0.2, 0.25) is 0 Å². The lowest BCUT2D eigenvalue weighted by Gasteiger charge is -2.03. The Morgan fingerprint density at radius 1 is 1.38 bits per heavy atom. The van der Waals surface area contributed by atoms with Crippen LogP contribution in [0.15, 0.2) is 24.3 Å². The number of benzene rings is 1. The van der Waals surface area contributed by atoms with Crippen LogP contribution >= 0.6 is 12.4 Å². The van der Waals surface area contributed by atoms with Crippen molar-refractivity contribution in [3.8, 4) is 5.69 Å². The van der Waals surface area contributed by atoms with E-state index in [1.54, 1.807) is 25.1 Å². The van der Waals surface area contributed by atoms with Gasteiger partial charge < -0.3 is 5.11 Å². The average molecular weight is 244 g/mol. The Morgan fingerprint density at radius 2 is 2.06 bits per heavy atom. The van der Waals surface area contributed by atoms with Crippen LogP contribution in [0.4, 0.5) is 4.39 Å². The Bertz CT molecular complexity index is 487. The first-order valence-electron chi connectivity index (χ1n) is 4.51. The van der Waals surface area contributed by atoms with Crippen molar-refractivity contribution >= 4 is 12.4 Å². The molecule has 0 aliphatic carbocycles. The van der Waals surface area contributed by atoms with Gasteiger partial charge in [-0.2, -0.15) is 0 Å². The van der Waals surface area contributed by atoms with Crippen molar-refractivity contribution in [3.05, 3.63) is 41.5 Å². The maximum atomic E-state index is 13.4. The summed E-state index contributed by atoms with van der Waals surface area (Å²) in [4.78, 5) is 0. The summed E-state index contributed by atoms with van der Waals surface area (Å²) >= 11 is 0. The summed E-state index contributed by atoms with van der Waals surface area (Å²) in [5.74, 6) is -0.366. The first kappa shape index (κ1) is 12.6. The molecule has 2 rings (SSSR count). The highest BCUT2D eigenvalue weighted by molar-refractivity contribution is 5.85. The molecule has 0 saturated heterocycles. The predicted octanol–water partition coefficient (Wildman–Crippen LogP) is 1.63. The van der Waals surface area contributed by atoms with Gasteiger partial charge in [-0.25, -0.2) is 9.07 Å². The van der Waals surface area contributed by atoms with Crippen molar-refractivity contribution in [2.45, 2.75) is 13.5 Å². The van der Waals surface area contributed by atoms with Gasteiger partial charge in [-0.3, -0.25) is 0 Å². The minimum Gasteiger partial charge on any atom is -0.390 e. The highest BCUT2D eigenvalue weighted by Gasteiger charge is 2.11. The average Bonchev–Trinajstić information content (AvgIpc) is 2.60. The molecule has 1 N–H and O–H groups in total. The Kier molecular flexibility index (Phi) is 3.98. The van der Waals surface area contributed by atoms with Crippen LogP contribution in [0.3, 0.4) is 0 Å². The normalized spacial score (nSPS) is 9.94. The van der Waals surface area contributed by atoms with E-state index in [0.717, 1.165) is 0 Å². The van der Waals surface area contributed by atoms with E-state index in [-0.39, 0.29) is 24.8 Å². The van der Waals surface area contributed by atoms with Crippen LogP contribution in [0.1, 0.15) is 11.4 Å². The first-order chi connectivity index (χ1) is 7.24. The molecule has 0 radical (unpaired) electrons. The fraction of sp³-hybridized carbons (Fsp3) is 0.200. The molecule has 16 heavy (non-hydrogen) atoms. The van der Waals surface area contributed by atoms with Crippen LogP contribution in [0, 0.1) is 12.7 Å². The van der Waals surface area contributed by atoms with Crippen molar-refractivity contribution in [2.24, 2.45) is 0 Å². The third-order valence-electron chi connectivity index (χ3n) is 2.22. The van der Waals surface area contributed by atoms with E-state index >= 15 is 0 Å². The second kappa shape index (κ2) is 5.05. The van der Waals surface area contributed by atoms with Gasteiger partial charge in [0.1, 0.15) is 17.2 Å². The summed E-state index contributed by atoms with van der Waals surface area (Å²) in [6.45, 7) is 1.54. The van der Waals surface area contributed by atoms with Gasteiger partial charge in [0.15, 0.2) is 0 Å². The Balaban J connectivity index is 0.00000128. The standard InChI is InChI=1S/C10H10FN3O.ClH/c1-7-9(6-15)12-13-14(7)10-5-3-2-4-8(10)11;/h2-5,15H,6H2,1H3;1H. The summed E-state index contributed by atoms with van der Waals surface area (Å²) in [5, 5.41) is 16.5. The number of rotatable bonds is 2. The topological polar surface area (TPSA) is 50.9 Å². The summed E-state index contributed by atoms with van der Waals surface area (Å²) in [6.07, 6.45) is 0. The molecule has 0 unspecified atom stereocenters. The Morgan fingerprint density at radius 3 is 2.62 bits per heavy atom. The molecule has 0 bridgehead atoms. The van der Waals surface area contributed by atoms with Crippen LogP contribution in [-0.2, 0) is 6.61 Å². The Labute approximate surface area is 98.1 Å². The van der Waals surface area contributed by atoms with Crippen molar-refractivity contribution in [1.29, 1.82) is 0 Å². The Hall–Kier alpha value is -1.46. The lowest BCUT2D eigenvalue weighted by Crippen LogP contribution is -2.02. The summed E-state index contributed by atoms with van der Waals surface area (Å²) < 4.78 is 14.8. The molecule has 1 heterocycles. The van der Waals surface area contributed by atoms with Gasteiger partial charge in [0, 0.05) is 0 Å². The summed E-state index contributed by atoms with van der Waals surface area (Å²) in [7, 11) is 0. The van der Waals surface area contributed by atoms with Crippen LogP contribution in [-0.4, -0.2) is 20.1 Å². The third kappa shape index (κ3) is 2.05. The van der Waals surface area contributed by atoms with E-state index in [2.05, 4.69) is 10.3 Å². The monoisotopic (exact) mass is 243 g/mol. The number of aliphatic hydroxyl groups is 1. The number of aliphatic hydroxyl groups excluding tert-OH is 1. The fourth-order valence-corrected chi connectivity index (χ4v) is 1.36. The second-order valence-corrected chi connectivity index (χ2v) is 3.14. The zero-order valence-corrected chi connectivity index (χ0v) is 9.41. The van der Waals surface area contributed by atoms with E-state index < -0.39 is 0 Å². The molecule has 4 nitrogen and oxygen atoms in total. The van der Waals surface area contributed by atoms with Crippen molar-refractivity contribution in [1.82, 2.24) is 15.0 Å². The van der Waals surface area contributed by atoms with Crippen molar-refractivity contribution in [2.75, 3.05) is 0 Å². The van der Waals surface area contributed by atoms with E-state index in [0.29, 0.717) is 17.1 Å². The van der Waals surface area contributed by atoms with Gasteiger partial charge in [-0.15, -0.1) is 17.5 Å². The van der Waals surface area contributed by atoms with E-state index in [1.807, 2.05) is 0 Å². The lowest BCUT2D eigenvalue weighted by atomic mass is 10.3. The van der Waals surface area contributed by atoms with E-state index in [9.17, 15) is 4.39 Å². The zero-order valence-electron chi connectivity index (χ0n) is 8.59. The predicted molar refractivity (Wildman–Crippen MR) is 59.2 cm³/mol. The molecule has 0 amide bonds. The van der Waals surface area contributed by atoms with Gasteiger partial charge in [0.25, 0.3) is 0 Å². The molecule has 2 aromatic rings. The summed E-state index contributed by atoms with van der Waals surface area (Å²) in [5.41, 5.74) is 1.43. The third-order valence-corrected chi connectivity index (χ3v) is 2.22. The number of aromatic nitrogens is 3. The van der Waals surface area contributed by atoms with Gasteiger partial charge >= 0.3 is 0 Å². The molecule has 0 aliphatic rings. The van der Waals surface area contributed by atoms with Crippen molar-refractivity contribution in [3.63, 3.8) is 0 Å². The number of hydrogen-bond acceptors (Lipinski definition) is 3. The first-order valence-corrected chi connectivity index (χ1v) is 4.51. The number of hydrogen-bond donors (Lipinski definition) is 1. The van der Waals surface area contributed by atoms with Gasteiger partial charge in [0.2, 0.25) is 0 Å². The largest absolute Gasteiger partial charge is 0.390 e. The van der Waals surface area contributed by atoms with E-state index in [4.69, 9.17) is 5.11 Å². The molecule has 0 spiro atoms. The summed E-state index contributed by atoms with van der Waals surface area (Å²) in [6, 6.07) is 6.30. The zero-order chi connectivity index (χ0) is 10.8.